The fraction of sp³-hybridized carbons (Fsp3) is 0.263. The molecule has 0 radical (unpaired) electrons. The molecule has 4 nitrogen and oxygen atoms in total. The van der Waals surface area contributed by atoms with Gasteiger partial charge in [-0.1, -0.05) is 11.6 Å². The van der Waals surface area contributed by atoms with Crippen molar-refractivity contribution in [1.82, 2.24) is 4.90 Å². The van der Waals surface area contributed by atoms with E-state index in [0.717, 1.165) is 10.6 Å². The van der Waals surface area contributed by atoms with Gasteiger partial charge in [-0.3, -0.25) is 9.59 Å². The van der Waals surface area contributed by atoms with E-state index in [-0.39, 0.29) is 24.4 Å². The molecule has 1 heterocycles. The van der Waals surface area contributed by atoms with Gasteiger partial charge in [-0.05, 0) is 61.7 Å². The van der Waals surface area contributed by atoms with Crippen LogP contribution in [0.4, 0.5) is 5.69 Å². The Hall–Kier alpha value is -1.98. The van der Waals surface area contributed by atoms with Gasteiger partial charge in [0.15, 0.2) is 0 Å². The fourth-order valence-corrected chi connectivity index (χ4v) is 3.43. The van der Waals surface area contributed by atoms with E-state index in [4.69, 9.17) is 11.6 Å². The number of anilines is 1. The molecule has 0 unspecified atom stereocenters. The first-order chi connectivity index (χ1) is 12.0. The van der Waals surface area contributed by atoms with Crippen LogP contribution in [-0.2, 0) is 4.79 Å². The second-order valence-electron chi connectivity index (χ2n) is 5.99. The number of thioether (sulfide) groups is 1. The second kappa shape index (κ2) is 7.50. The molecule has 1 atom stereocenters. The van der Waals surface area contributed by atoms with Gasteiger partial charge in [0.05, 0.1) is 0 Å². The second-order valence-corrected chi connectivity index (χ2v) is 7.31. The lowest BCUT2D eigenvalue weighted by molar-refractivity contribution is -0.121. The van der Waals surface area contributed by atoms with E-state index in [2.05, 4.69) is 0 Å². The molecule has 2 aromatic carbocycles. The third-order valence-corrected chi connectivity index (χ3v) is 5.32. The highest BCUT2D eigenvalue weighted by Gasteiger charge is 2.33. The normalized spacial score (nSPS) is 17.7. The SMILES string of the molecule is CSc1ccc(C(=O)N2CC(=O)N(c3ccc(Cl)cc3)C[C@@H]2C)cc1. The molecule has 0 aromatic heterocycles. The standard InChI is InChI=1S/C19H19ClN2O2S/c1-13-11-22(16-7-5-15(20)6-8-16)18(23)12-21(13)19(24)14-3-9-17(25-2)10-4-14/h3-10,13H,11-12H2,1-2H3/t13-/m0/s1. The van der Waals surface area contributed by atoms with Crippen molar-refractivity contribution in [2.24, 2.45) is 0 Å². The highest BCUT2D eigenvalue weighted by Crippen LogP contribution is 2.24. The molecular weight excluding hydrogens is 356 g/mol. The molecule has 0 saturated carbocycles. The quantitative estimate of drug-likeness (QED) is 0.764. The van der Waals surface area contributed by atoms with Crippen LogP contribution >= 0.6 is 23.4 Å². The first-order valence-corrected chi connectivity index (χ1v) is 9.61. The third kappa shape index (κ3) is 3.83. The third-order valence-electron chi connectivity index (χ3n) is 4.32. The van der Waals surface area contributed by atoms with Gasteiger partial charge in [-0.15, -0.1) is 11.8 Å². The number of amides is 2. The van der Waals surface area contributed by atoms with Crippen LogP contribution in [-0.4, -0.2) is 42.1 Å². The minimum absolute atomic E-state index is 0.0684. The van der Waals surface area contributed by atoms with Gasteiger partial charge in [0.25, 0.3) is 5.91 Å². The van der Waals surface area contributed by atoms with Crippen LogP contribution in [0.3, 0.4) is 0 Å². The minimum Gasteiger partial charge on any atom is -0.325 e. The average Bonchev–Trinajstić information content (AvgIpc) is 2.63. The zero-order valence-corrected chi connectivity index (χ0v) is 15.7. The highest BCUT2D eigenvalue weighted by molar-refractivity contribution is 7.98. The largest absolute Gasteiger partial charge is 0.325 e. The van der Waals surface area contributed by atoms with E-state index in [1.54, 1.807) is 33.7 Å². The predicted octanol–water partition coefficient (Wildman–Crippen LogP) is 3.94. The lowest BCUT2D eigenvalue weighted by Gasteiger charge is -2.39. The van der Waals surface area contributed by atoms with Crippen LogP contribution in [0.2, 0.25) is 5.02 Å². The van der Waals surface area contributed by atoms with Crippen LogP contribution in [0.1, 0.15) is 17.3 Å². The number of hydrogen-bond donors (Lipinski definition) is 0. The molecule has 1 saturated heterocycles. The van der Waals surface area contributed by atoms with Crippen LogP contribution in [0.25, 0.3) is 0 Å². The molecule has 1 fully saturated rings. The topological polar surface area (TPSA) is 40.6 Å². The molecular formula is C19H19ClN2O2S. The van der Waals surface area contributed by atoms with Crippen molar-refractivity contribution in [3.05, 3.63) is 59.1 Å². The van der Waals surface area contributed by atoms with Crippen LogP contribution < -0.4 is 4.90 Å². The fourth-order valence-electron chi connectivity index (χ4n) is 2.89. The first kappa shape index (κ1) is 17.8. The van der Waals surface area contributed by atoms with E-state index in [1.807, 2.05) is 49.6 Å². The molecule has 0 N–H and O–H groups in total. The van der Waals surface area contributed by atoms with Crippen molar-refractivity contribution in [3.8, 4) is 0 Å². The summed E-state index contributed by atoms with van der Waals surface area (Å²) in [6.45, 7) is 2.51. The van der Waals surface area contributed by atoms with Crippen molar-refractivity contribution in [2.75, 3.05) is 24.2 Å². The van der Waals surface area contributed by atoms with Gasteiger partial charge in [0.2, 0.25) is 5.91 Å². The number of piperazine rings is 1. The molecule has 0 aliphatic carbocycles. The molecule has 6 heteroatoms. The van der Waals surface area contributed by atoms with E-state index in [9.17, 15) is 9.59 Å². The van der Waals surface area contributed by atoms with Crippen molar-refractivity contribution in [2.45, 2.75) is 17.9 Å². The van der Waals surface area contributed by atoms with Gasteiger partial charge < -0.3 is 9.80 Å². The maximum absolute atomic E-state index is 12.8. The smallest absolute Gasteiger partial charge is 0.254 e. The van der Waals surface area contributed by atoms with Crippen LogP contribution in [0.5, 0.6) is 0 Å². The summed E-state index contributed by atoms with van der Waals surface area (Å²) in [7, 11) is 0. The Morgan fingerprint density at radius 1 is 1.12 bits per heavy atom. The molecule has 25 heavy (non-hydrogen) atoms. The zero-order valence-electron chi connectivity index (χ0n) is 14.1. The van der Waals surface area contributed by atoms with Crippen molar-refractivity contribution >= 4 is 40.9 Å². The molecule has 2 aromatic rings. The Balaban J connectivity index is 1.76. The van der Waals surface area contributed by atoms with E-state index < -0.39 is 0 Å². The maximum atomic E-state index is 12.8. The number of carbonyl (C=O) groups excluding carboxylic acids is 2. The Kier molecular flexibility index (Phi) is 5.35. The number of carbonyl (C=O) groups is 2. The summed E-state index contributed by atoms with van der Waals surface area (Å²) >= 11 is 7.54. The van der Waals surface area contributed by atoms with Crippen molar-refractivity contribution in [1.29, 1.82) is 0 Å². The summed E-state index contributed by atoms with van der Waals surface area (Å²) in [5, 5.41) is 0.631. The monoisotopic (exact) mass is 374 g/mol. The van der Waals surface area contributed by atoms with Crippen molar-refractivity contribution < 1.29 is 9.59 Å². The Bertz CT molecular complexity index is 777. The summed E-state index contributed by atoms with van der Waals surface area (Å²) in [4.78, 5) is 29.8. The van der Waals surface area contributed by atoms with Gasteiger partial charge in [0, 0.05) is 33.8 Å². The summed E-state index contributed by atoms with van der Waals surface area (Å²) in [6, 6.07) is 14.6. The lowest BCUT2D eigenvalue weighted by atomic mass is 10.1. The summed E-state index contributed by atoms with van der Waals surface area (Å²) in [5.41, 5.74) is 1.41. The van der Waals surface area contributed by atoms with E-state index in [1.165, 1.54) is 0 Å². The van der Waals surface area contributed by atoms with E-state index >= 15 is 0 Å². The molecule has 3 rings (SSSR count). The molecule has 2 amide bonds. The van der Waals surface area contributed by atoms with Gasteiger partial charge >= 0.3 is 0 Å². The van der Waals surface area contributed by atoms with Crippen LogP contribution in [0.15, 0.2) is 53.4 Å². The predicted molar refractivity (Wildman–Crippen MR) is 103 cm³/mol. The Morgan fingerprint density at radius 2 is 1.76 bits per heavy atom. The van der Waals surface area contributed by atoms with Gasteiger partial charge in [0.1, 0.15) is 6.54 Å². The lowest BCUT2D eigenvalue weighted by Crippen LogP contribution is -2.57. The summed E-state index contributed by atoms with van der Waals surface area (Å²) < 4.78 is 0. The van der Waals surface area contributed by atoms with Crippen molar-refractivity contribution in [3.63, 3.8) is 0 Å². The van der Waals surface area contributed by atoms with Crippen LogP contribution in [0, 0.1) is 0 Å². The molecule has 130 valence electrons. The number of halogens is 1. The molecule has 1 aliphatic heterocycles. The van der Waals surface area contributed by atoms with E-state index in [0.29, 0.717) is 17.1 Å². The number of nitrogens with zero attached hydrogens (tertiary/aromatic N) is 2. The molecule has 0 bridgehead atoms. The number of benzene rings is 2. The summed E-state index contributed by atoms with van der Waals surface area (Å²) in [6.07, 6.45) is 1.99. The minimum atomic E-state index is -0.107. The number of hydrogen-bond acceptors (Lipinski definition) is 3. The average molecular weight is 375 g/mol. The summed E-state index contributed by atoms with van der Waals surface area (Å²) in [5.74, 6) is -0.196. The number of rotatable bonds is 3. The highest BCUT2D eigenvalue weighted by atomic mass is 35.5. The van der Waals surface area contributed by atoms with Gasteiger partial charge in [-0.25, -0.2) is 0 Å². The first-order valence-electron chi connectivity index (χ1n) is 8.00. The zero-order chi connectivity index (χ0) is 18.0. The molecule has 0 spiro atoms. The maximum Gasteiger partial charge on any atom is 0.254 e. The molecule has 1 aliphatic rings. The Labute approximate surface area is 156 Å². The Morgan fingerprint density at radius 3 is 2.36 bits per heavy atom. The van der Waals surface area contributed by atoms with Gasteiger partial charge in [-0.2, -0.15) is 0 Å².